The fourth-order valence-electron chi connectivity index (χ4n) is 4.17. The van der Waals surface area contributed by atoms with E-state index in [0.29, 0.717) is 16.6 Å². The molecule has 3 aromatic rings. The van der Waals surface area contributed by atoms with Gasteiger partial charge in [-0.25, -0.2) is 0 Å². The average molecular weight is 475 g/mol. The minimum Gasteiger partial charge on any atom is -0.459 e. The molecule has 0 N–H and O–H groups in total. The van der Waals surface area contributed by atoms with Crippen molar-refractivity contribution in [1.82, 2.24) is 9.80 Å². The number of furan rings is 1. The topological polar surface area (TPSA) is 53.8 Å². The highest BCUT2D eigenvalue weighted by molar-refractivity contribution is 7.10. The van der Waals surface area contributed by atoms with Crippen molar-refractivity contribution in [3.63, 3.8) is 0 Å². The maximum Gasteiger partial charge on any atom is 0.290 e. The number of hydrogen-bond acceptors (Lipinski definition) is 4. The lowest BCUT2D eigenvalue weighted by Crippen LogP contribution is -2.47. The molecule has 1 aliphatic carbocycles. The van der Waals surface area contributed by atoms with Crippen LogP contribution in [0.4, 0.5) is 0 Å². The highest BCUT2D eigenvalue weighted by Crippen LogP contribution is 2.41. The van der Waals surface area contributed by atoms with Gasteiger partial charge in [-0.05, 0) is 66.1 Å². The molecule has 1 aromatic carbocycles. The summed E-state index contributed by atoms with van der Waals surface area (Å²) >= 11 is 14.4. The molecule has 3 heterocycles. The van der Waals surface area contributed by atoms with E-state index in [0.717, 1.165) is 30.4 Å². The lowest BCUT2D eigenvalue weighted by Gasteiger charge is -2.38. The van der Waals surface area contributed by atoms with E-state index in [1.54, 1.807) is 40.5 Å². The molecule has 1 saturated carbocycles. The fraction of sp³-hybridized carbons (Fsp3) is 0.304. The first-order valence-corrected chi connectivity index (χ1v) is 11.8. The molecule has 0 bridgehead atoms. The van der Waals surface area contributed by atoms with E-state index >= 15 is 0 Å². The molecule has 5 rings (SSSR count). The van der Waals surface area contributed by atoms with E-state index in [1.165, 1.54) is 11.1 Å². The molecule has 8 heteroatoms. The molecule has 0 spiro atoms. The van der Waals surface area contributed by atoms with E-state index < -0.39 is 0 Å². The summed E-state index contributed by atoms with van der Waals surface area (Å²) in [4.78, 5) is 31.2. The van der Waals surface area contributed by atoms with Crippen LogP contribution in [-0.4, -0.2) is 40.7 Å². The van der Waals surface area contributed by atoms with Gasteiger partial charge in [-0.3, -0.25) is 9.59 Å². The summed E-state index contributed by atoms with van der Waals surface area (Å²) in [6.07, 6.45) is 4.07. The van der Waals surface area contributed by atoms with Gasteiger partial charge >= 0.3 is 0 Å². The van der Waals surface area contributed by atoms with Gasteiger partial charge in [-0.2, -0.15) is 0 Å². The lowest BCUT2D eigenvalue weighted by atomic mass is 9.93. The highest BCUT2D eigenvalue weighted by Gasteiger charge is 2.39. The smallest absolute Gasteiger partial charge is 0.290 e. The van der Waals surface area contributed by atoms with Crippen LogP contribution in [0.1, 0.15) is 45.4 Å². The van der Waals surface area contributed by atoms with Crippen molar-refractivity contribution in [1.29, 1.82) is 0 Å². The number of hydrogen-bond donors (Lipinski definition) is 0. The van der Waals surface area contributed by atoms with Crippen LogP contribution in [0.2, 0.25) is 10.0 Å². The quantitative estimate of drug-likeness (QED) is 0.495. The van der Waals surface area contributed by atoms with Gasteiger partial charge in [0.05, 0.1) is 12.3 Å². The molecule has 31 heavy (non-hydrogen) atoms. The maximum atomic E-state index is 13.5. The monoisotopic (exact) mass is 474 g/mol. The van der Waals surface area contributed by atoms with Crippen molar-refractivity contribution >= 4 is 46.4 Å². The summed E-state index contributed by atoms with van der Waals surface area (Å²) < 4.78 is 5.29. The Balaban J connectivity index is 1.46. The molecule has 5 nitrogen and oxygen atoms in total. The van der Waals surface area contributed by atoms with Gasteiger partial charge in [-0.1, -0.05) is 29.3 Å². The van der Waals surface area contributed by atoms with Crippen LogP contribution in [0.3, 0.4) is 0 Å². The second-order valence-corrected chi connectivity index (χ2v) is 9.69. The Kier molecular flexibility index (Phi) is 5.54. The highest BCUT2D eigenvalue weighted by atomic mass is 35.5. The normalized spacial score (nSPS) is 18.0. The van der Waals surface area contributed by atoms with Gasteiger partial charge < -0.3 is 14.2 Å². The van der Waals surface area contributed by atoms with Gasteiger partial charge in [-0.15, -0.1) is 11.3 Å². The standard InChI is InChI=1S/C23H20Cl2N2O3S/c24-14-3-6-16(18(25)12-14)22-17-8-11-31-20(17)7-9-26(22)21(28)13-27(15-4-5-15)23(29)19-2-1-10-30-19/h1-3,6,8,10-12,15,22H,4-5,7,9,13H2. The van der Waals surface area contributed by atoms with E-state index in [4.69, 9.17) is 27.6 Å². The summed E-state index contributed by atoms with van der Waals surface area (Å²) in [5, 5.41) is 3.13. The minimum absolute atomic E-state index is 0.0192. The molecular formula is C23H20Cl2N2O3S. The predicted octanol–water partition coefficient (Wildman–Crippen LogP) is 5.43. The van der Waals surface area contributed by atoms with Crippen molar-refractivity contribution in [3.8, 4) is 0 Å². The first-order chi connectivity index (χ1) is 15.0. The summed E-state index contributed by atoms with van der Waals surface area (Å²) in [5.41, 5.74) is 1.93. The van der Waals surface area contributed by atoms with Crippen molar-refractivity contribution in [2.24, 2.45) is 0 Å². The van der Waals surface area contributed by atoms with Crippen molar-refractivity contribution < 1.29 is 14.0 Å². The van der Waals surface area contributed by atoms with E-state index in [2.05, 4.69) is 6.07 Å². The molecule has 2 amide bonds. The van der Waals surface area contributed by atoms with Crippen molar-refractivity contribution in [2.75, 3.05) is 13.1 Å². The number of halogens is 2. The number of benzene rings is 1. The largest absolute Gasteiger partial charge is 0.459 e. The molecule has 1 atom stereocenters. The predicted molar refractivity (Wildman–Crippen MR) is 121 cm³/mol. The first-order valence-electron chi connectivity index (χ1n) is 10.2. The van der Waals surface area contributed by atoms with Gasteiger partial charge in [0.2, 0.25) is 5.91 Å². The Bertz CT molecular complexity index is 1120. The summed E-state index contributed by atoms with van der Waals surface area (Å²) in [6, 6.07) is 10.5. The molecule has 2 aromatic heterocycles. The molecule has 160 valence electrons. The summed E-state index contributed by atoms with van der Waals surface area (Å²) in [5.74, 6) is -0.0782. The van der Waals surface area contributed by atoms with Gasteiger partial charge in [0.15, 0.2) is 5.76 Å². The Morgan fingerprint density at radius 2 is 2.00 bits per heavy atom. The molecule has 1 fully saturated rings. The van der Waals surface area contributed by atoms with Gasteiger partial charge in [0.25, 0.3) is 5.91 Å². The second kappa shape index (κ2) is 8.34. The van der Waals surface area contributed by atoms with Crippen LogP contribution in [0.15, 0.2) is 52.5 Å². The van der Waals surface area contributed by atoms with Crippen LogP contribution < -0.4 is 0 Å². The zero-order valence-corrected chi connectivity index (χ0v) is 18.9. The molecular weight excluding hydrogens is 455 g/mol. The number of fused-ring (bicyclic) bond motifs is 1. The fourth-order valence-corrected chi connectivity index (χ4v) is 5.59. The summed E-state index contributed by atoms with van der Waals surface area (Å²) in [7, 11) is 0. The molecule has 1 aliphatic heterocycles. The van der Waals surface area contributed by atoms with E-state index in [-0.39, 0.29) is 36.2 Å². The third-order valence-corrected chi connectivity index (χ3v) is 7.39. The molecule has 2 aliphatic rings. The zero-order valence-electron chi connectivity index (χ0n) is 16.6. The number of nitrogens with zero attached hydrogens (tertiary/aromatic N) is 2. The van der Waals surface area contributed by atoms with Crippen LogP contribution in [0.25, 0.3) is 0 Å². The third kappa shape index (κ3) is 4.00. The molecule has 1 unspecified atom stereocenters. The third-order valence-electron chi connectivity index (χ3n) is 5.83. The number of amides is 2. The van der Waals surface area contributed by atoms with Crippen LogP contribution >= 0.6 is 34.5 Å². The van der Waals surface area contributed by atoms with Gasteiger partial charge in [0.1, 0.15) is 6.54 Å². The zero-order chi connectivity index (χ0) is 21.5. The Hall–Kier alpha value is -2.28. The second-order valence-electron chi connectivity index (χ2n) is 7.85. The lowest BCUT2D eigenvalue weighted by molar-refractivity contribution is -0.134. The Labute approximate surface area is 194 Å². The van der Waals surface area contributed by atoms with Gasteiger partial charge in [0, 0.05) is 27.5 Å². The SMILES string of the molecule is O=C(c1ccco1)N(CC(=O)N1CCc2sccc2C1c1ccc(Cl)cc1Cl)C1CC1. The number of carbonyl (C=O) groups excluding carboxylic acids is 2. The minimum atomic E-state index is -0.299. The number of rotatable bonds is 5. The van der Waals surface area contributed by atoms with Crippen molar-refractivity contribution in [3.05, 3.63) is 79.9 Å². The first kappa shape index (κ1) is 20.6. The number of carbonyl (C=O) groups is 2. The number of thiophene rings is 1. The molecule has 0 radical (unpaired) electrons. The molecule has 0 saturated heterocycles. The Morgan fingerprint density at radius 3 is 2.71 bits per heavy atom. The van der Waals surface area contributed by atoms with E-state index in [1.807, 2.05) is 16.3 Å². The van der Waals surface area contributed by atoms with Crippen LogP contribution in [0.5, 0.6) is 0 Å². The Morgan fingerprint density at radius 1 is 1.16 bits per heavy atom. The summed E-state index contributed by atoms with van der Waals surface area (Å²) in [6.45, 7) is 0.592. The van der Waals surface area contributed by atoms with E-state index in [9.17, 15) is 9.59 Å². The van der Waals surface area contributed by atoms with Crippen LogP contribution in [-0.2, 0) is 11.2 Å². The average Bonchev–Trinajstić information content (AvgIpc) is 3.24. The van der Waals surface area contributed by atoms with Crippen LogP contribution in [0, 0.1) is 0 Å². The van der Waals surface area contributed by atoms with Crippen molar-refractivity contribution in [2.45, 2.75) is 31.3 Å². The maximum absolute atomic E-state index is 13.5.